The van der Waals surface area contributed by atoms with Crippen LogP contribution in [-0.4, -0.2) is 19.5 Å². The molecule has 1 unspecified atom stereocenters. The van der Waals surface area contributed by atoms with Gasteiger partial charge in [0.25, 0.3) is 5.56 Å². The molecular formula is C23H16N6O. The van der Waals surface area contributed by atoms with Gasteiger partial charge in [-0.15, -0.1) is 0 Å². The molecule has 1 atom stereocenters. The summed E-state index contributed by atoms with van der Waals surface area (Å²) in [6, 6.07) is 18.1. The lowest BCUT2D eigenvalue weighted by molar-refractivity contribution is 0.748. The number of H-pyrrole nitrogens is 1. The van der Waals surface area contributed by atoms with E-state index >= 15 is 0 Å². The zero-order valence-corrected chi connectivity index (χ0v) is 15.9. The molecule has 4 rings (SSSR count). The molecule has 7 nitrogen and oxygen atoms in total. The highest BCUT2D eigenvalue weighted by Crippen LogP contribution is 2.26. The second-order valence-electron chi connectivity index (χ2n) is 6.73. The van der Waals surface area contributed by atoms with Gasteiger partial charge >= 0.3 is 0 Å². The molecule has 0 radical (unpaired) electrons. The van der Waals surface area contributed by atoms with Gasteiger partial charge in [-0.1, -0.05) is 18.2 Å². The quantitative estimate of drug-likeness (QED) is 0.561. The van der Waals surface area contributed by atoms with Crippen molar-refractivity contribution in [3.8, 4) is 18.0 Å². The first kappa shape index (κ1) is 18.9. The summed E-state index contributed by atoms with van der Waals surface area (Å²) in [5, 5.41) is 18.1. The summed E-state index contributed by atoms with van der Waals surface area (Å²) in [5.74, 6) is 1.24. The van der Waals surface area contributed by atoms with Gasteiger partial charge < -0.3 is 4.98 Å². The van der Waals surface area contributed by atoms with Crippen LogP contribution in [0.5, 0.6) is 0 Å². The lowest BCUT2D eigenvalue weighted by atomic mass is 9.91. The van der Waals surface area contributed by atoms with Gasteiger partial charge in [0.05, 0.1) is 17.2 Å². The Morgan fingerprint density at radius 3 is 2.37 bits per heavy atom. The first-order valence-corrected chi connectivity index (χ1v) is 9.25. The Morgan fingerprint density at radius 2 is 1.73 bits per heavy atom. The van der Waals surface area contributed by atoms with Crippen LogP contribution < -0.4 is 5.56 Å². The van der Waals surface area contributed by atoms with Gasteiger partial charge in [0.2, 0.25) is 0 Å². The Labute approximate surface area is 172 Å². The van der Waals surface area contributed by atoms with Crippen molar-refractivity contribution in [1.29, 1.82) is 10.5 Å². The monoisotopic (exact) mass is 392 g/mol. The van der Waals surface area contributed by atoms with Crippen LogP contribution in [0, 0.1) is 22.7 Å². The first-order chi connectivity index (χ1) is 14.7. The molecule has 0 spiro atoms. The molecule has 0 aliphatic carbocycles. The van der Waals surface area contributed by atoms with Gasteiger partial charge in [-0.25, -0.2) is 9.97 Å². The van der Waals surface area contributed by atoms with Crippen LogP contribution in [0.3, 0.4) is 0 Å². The number of hydrogen-bond acceptors (Lipinski definition) is 5. The number of imidazole rings is 1. The van der Waals surface area contributed by atoms with E-state index in [1.807, 2.05) is 24.3 Å². The van der Waals surface area contributed by atoms with Gasteiger partial charge in [0.1, 0.15) is 17.7 Å². The van der Waals surface area contributed by atoms with E-state index in [2.05, 4.69) is 21.0 Å². The number of aromatic amines is 1. The maximum absolute atomic E-state index is 12.1. The number of benzene rings is 1. The van der Waals surface area contributed by atoms with Crippen LogP contribution in [0.15, 0.2) is 78.1 Å². The number of rotatable bonds is 5. The molecule has 0 fully saturated rings. The molecule has 1 aromatic carbocycles. The summed E-state index contributed by atoms with van der Waals surface area (Å²) in [5.41, 5.74) is 2.74. The molecule has 0 aliphatic rings. The molecule has 30 heavy (non-hydrogen) atoms. The van der Waals surface area contributed by atoms with Crippen molar-refractivity contribution in [3.63, 3.8) is 0 Å². The molecule has 0 bridgehead atoms. The van der Waals surface area contributed by atoms with Crippen LogP contribution in [0.1, 0.15) is 34.0 Å². The number of hydrogen-bond donors (Lipinski definition) is 1. The number of nitrogens with one attached hydrogen (secondary N) is 1. The Morgan fingerprint density at radius 1 is 0.967 bits per heavy atom. The molecule has 144 valence electrons. The van der Waals surface area contributed by atoms with Gasteiger partial charge in [0, 0.05) is 36.8 Å². The molecule has 0 saturated heterocycles. The maximum Gasteiger partial charge on any atom is 0.256 e. The minimum atomic E-state index is -0.250. The van der Waals surface area contributed by atoms with Crippen LogP contribution in [-0.2, 0) is 6.42 Å². The molecule has 0 saturated carbocycles. The van der Waals surface area contributed by atoms with E-state index < -0.39 is 0 Å². The Balaban J connectivity index is 1.64. The molecule has 3 heterocycles. The largest absolute Gasteiger partial charge is 0.348 e. The topological polar surface area (TPSA) is 111 Å². The molecule has 4 aromatic rings. The number of aromatic nitrogens is 4. The lowest BCUT2D eigenvalue weighted by Gasteiger charge is -2.16. The summed E-state index contributed by atoms with van der Waals surface area (Å²) < 4.78 is 1.35. The zero-order chi connectivity index (χ0) is 20.9. The maximum atomic E-state index is 12.1. The molecule has 0 amide bonds. The van der Waals surface area contributed by atoms with Crippen molar-refractivity contribution in [1.82, 2.24) is 19.5 Å². The normalized spacial score (nSPS) is 11.4. The van der Waals surface area contributed by atoms with Crippen molar-refractivity contribution in [2.45, 2.75) is 12.3 Å². The molecule has 7 heteroatoms. The first-order valence-electron chi connectivity index (χ1n) is 9.25. The van der Waals surface area contributed by atoms with E-state index in [4.69, 9.17) is 10.5 Å². The fourth-order valence-electron chi connectivity index (χ4n) is 3.28. The van der Waals surface area contributed by atoms with Gasteiger partial charge in [-0.05, 0) is 41.8 Å². The predicted molar refractivity (Wildman–Crippen MR) is 110 cm³/mol. The third-order valence-corrected chi connectivity index (χ3v) is 4.83. The fourth-order valence-corrected chi connectivity index (χ4v) is 3.28. The van der Waals surface area contributed by atoms with Crippen LogP contribution in [0.25, 0.3) is 5.82 Å². The molecular weight excluding hydrogens is 376 g/mol. The Kier molecular flexibility index (Phi) is 5.19. The summed E-state index contributed by atoms with van der Waals surface area (Å²) in [4.78, 5) is 24.1. The van der Waals surface area contributed by atoms with Crippen LogP contribution in [0.2, 0.25) is 0 Å². The van der Waals surface area contributed by atoms with E-state index in [1.165, 1.54) is 22.9 Å². The van der Waals surface area contributed by atoms with Crippen molar-refractivity contribution in [2.24, 2.45) is 0 Å². The van der Waals surface area contributed by atoms with Crippen molar-refractivity contribution >= 4 is 0 Å². The molecule has 1 N–H and O–H groups in total. The molecule has 0 aliphatic heterocycles. The third kappa shape index (κ3) is 3.87. The second-order valence-corrected chi connectivity index (χ2v) is 6.73. The second kappa shape index (κ2) is 8.26. The zero-order valence-electron chi connectivity index (χ0n) is 15.9. The summed E-state index contributed by atoms with van der Waals surface area (Å²) >= 11 is 0. The summed E-state index contributed by atoms with van der Waals surface area (Å²) in [6.07, 6.45) is 7.33. The minimum absolute atomic E-state index is 0.0370. The van der Waals surface area contributed by atoms with Crippen molar-refractivity contribution in [2.75, 3.05) is 0 Å². The smallest absolute Gasteiger partial charge is 0.256 e. The lowest BCUT2D eigenvalue weighted by Crippen LogP contribution is -2.18. The van der Waals surface area contributed by atoms with Gasteiger partial charge in [-0.3, -0.25) is 9.36 Å². The van der Waals surface area contributed by atoms with E-state index in [9.17, 15) is 4.79 Å². The average molecular weight is 392 g/mol. The van der Waals surface area contributed by atoms with Crippen molar-refractivity contribution in [3.05, 3.63) is 112 Å². The van der Waals surface area contributed by atoms with E-state index in [0.29, 0.717) is 23.4 Å². The SMILES string of the molecule is N#Cc1ccc(C(Cc2ccc(-n3cc(C#N)ccc3=O)nc2)c2ncc[nH]2)cc1. The van der Waals surface area contributed by atoms with Crippen LogP contribution in [0.4, 0.5) is 0 Å². The third-order valence-electron chi connectivity index (χ3n) is 4.83. The summed E-state index contributed by atoms with van der Waals surface area (Å²) in [6.45, 7) is 0. The highest BCUT2D eigenvalue weighted by molar-refractivity contribution is 5.37. The highest BCUT2D eigenvalue weighted by Gasteiger charge is 2.18. The van der Waals surface area contributed by atoms with Gasteiger partial charge in [-0.2, -0.15) is 10.5 Å². The Hall–Kier alpha value is -4.49. The standard InChI is InChI=1S/C23H16N6O/c24-12-16-1-5-19(6-2-16)20(23-26-9-10-27-23)11-17-3-7-21(28-14-17)29-15-18(13-25)4-8-22(29)30/h1-10,14-15,20H,11H2,(H,26,27). The van der Waals surface area contributed by atoms with E-state index in [-0.39, 0.29) is 11.5 Å². The summed E-state index contributed by atoms with van der Waals surface area (Å²) in [7, 11) is 0. The molecule has 3 aromatic heterocycles. The highest BCUT2D eigenvalue weighted by atomic mass is 16.1. The van der Waals surface area contributed by atoms with E-state index in [0.717, 1.165) is 17.0 Å². The van der Waals surface area contributed by atoms with Crippen molar-refractivity contribution < 1.29 is 0 Å². The van der Waals surface area contributed by atoms with Gasteiger partial charge in [0.15, 0.2) is 0 Å². The predicted octanol–water partition coefficient (Wildman–Crippen LogP) is 3.07. The minimum Gasteiger partial charge on any atom is -0.348 e. The number of nitrogens with zero attached hydrogens (tertiary/aromatic N) is 5. The van der Waals surface area contributed by atoms with E-state index in [1.54, 1.807) is 36.8 Å². The fraction of sp³-hybridized carbons (Fsp3) is 0.0870. The number of nitriles is 2. The average Bonchev–Trinajstić information content (AvgIpc) is 3.33. The number of pyridine rings is 2. The van der Waals surface area contributed by atoms with Crippen LogP contribution >= 0.6 is 0 Å². The Bertz CT molecular complexity index is 1290.